The van der Waals surface area contributed by atoms with Gasteiger partial charge in [0.1, 0.15) is 5.56 Å². The summed E-state index contributed by atoms with van der Waals surface area (Å²) in [5, 5.41) is 9.32. The van der Waals surface area contributed by atoms with Gasteiger partial charge in [-0.3, -0.25) is 9.59 Å². The number of fused-ring (bicyclic) bond motifs is 1. The highest BCUT2D eigenvalue weighted by Gasteiger charge is 2.23. The second kappa shape index (κ2) is 6.76. The summed E-state index contributed by atoms with van der Waals surface area (Å²) in [6, 6.07) is 3.93. The van der Waals surface area contributed by atoms with Crippen LogP contribution in [0.4, 0.5) is 0 Å². The minimum atomic E-state index is -0.218. The Balaban J connectivity index is 1.95. The molecule has 1 atom stereocenters. The van der Waals surface area contributed by atoms with Crippen LogP contribution in [0.2, 0.25) is 0 Å². The molecule has 7 heteroatoms. The van der Waals surface area contributed by atoms with E-state index in [1.807, 2.05) is 17.5 Å². The predicted molar refractivity (Wildman–Crippen MR) is 97.1 cm³/mol. The Labute approximate surface area is 149 Å². The number of rotatable bonds is 5. The van der Waals surface area contributed by atoms with Gasteiger partial charge in [0.15, 0.2) is 11.4 Å². The molecule has 0 saturated carbocycles. The molecule has 6 nitrogen and oxygen atoms in total. The maximum atomic E-state index is 12.8. The molecule has 1 amide bonds. The van der Waals surface area contributed by atoms with Gasteiger partial charge in [0, 0.05) is 11.1 Å². The number of aryl methyl sites for hydroxylation is 1. The van der Waals surface area contributed by atoms with E-state index >= 15 is 0 Å². The lowest BCUT2D eigenvalue weighted by Crippen LogP contribution is -2.31. The number of nitrogens with one attached hydrogen (secondary N) is 1. The zero-order valence-electron chi connectivity index (χ0n) is 14.6. The van der Waals surface area contributed by atoms with Crippen LogP contribution < -0.4 is 5.32 Å². The Morgan fingerprint density at radius 1 is 1.24 bits per heavy atom. The lowest BCUT2D eigenvalue weighted by molar-refractivity contribution is 0.0927. The fourth-order valence-electron chi connectivity index (χ4n) is 2.80. The first-order valence-corrected chi connectivity index (χ1v) is 8.96. The standard InChI is InChI=1S/C18H20N4O2S/c1-10(2)16(15-6-5-7-25-15)21-18(24)14-9-20-22-11(3)13(12(4)23)8-19-17(14)22/h5-10,16H,1-4H3,(H,21,24). The van der Waals surface area contributed by atoms with Crippen LogP contribution >= 0.6 is 11.3 Å². The van der Waals surface area contributed by atoms with Crippen LogP contribution in [-0.4, -0.2) is 26.3 Å². The zero-order chi connectivity index (χ0) is 18.1. The van der Waals surface area contributed by atoms with Crippen molar-refractivity contribution in [2.45, 2.75) is 33.7 Å². The minimum absolute atomic E-state index is 0.0694. The van der Waals surface area contributed by atoms with Crippen molar-refractivity contribution in [1.82, 2.24) is 19.9 Å². The Bertz CT molecular complexity index is 928. The third kappa shape index (κ3) is 3.19. The molecule has 0 bridgehead atoms. The number of carbonyl (C=O) groups is 2. The normalized spacial score (nSPS) is 12.5. The minimum Gasteiger partial charge on any atom is -0.344 e. The Morgan fingerprint density at radius 3 is 2.60 bits per heavy atom. The van der Waals surface area contributed by atoms with Crippen molar-refractivity contribution >= 4 is 28.7 Å². The Kier molecular flexibility index (Phi) is 4.67. The molecule has 25 heavy (non-hydrogen) atoms. The number of hydrogen-bond acceptors (Lipinski definition) is 5. The molecule has 3 rings (SSSR count). The van der Waals surface area contributed by atoms with Crippen LogP contribution in [0, 0.1) is 12.8 Å². The molecule has 3 aromatic rings. The number of amides is 1. The molecule has 0 aliphatic rings. The highest BCUT2D eigenvalue weighted by Crippen LogP contribution is 2.26. The smallest absolute Gasteiger partial charge is 0.257 e. The fourth-order valence-corrected chi connectivity index (χ4v) is 3.75. The third-order valence-corrected chi connectivity index (χ3v) is 5.15. The van der Waals surface area contributed by atoms with E-state index in [1.165, 1.54) is 19.3 Å². The van der Waals surface area contributed by atoms with Gasteiger partial charge < -0.3 is 5.32 Å². The van der Waals surface area contributed by atoms with E-state index < -0.39 is 0 Å². The lowest BCUT2D eigenvalue weighted by Gasteiger charge is -2.21. The molecule has 0 spiro atoms. The largest absolute Gasteiger partial charge is 0.344 e. The molecule has 1 N–H and O–H groups in total. The van der Waals surface area contributed by atoms with E-state index in [-0.39, 0.29) is 23.7 Å². The Morgan fingerprint density at radius 2 is 2.00 bits per heavy atom. The van der Waals surface area contributed by atoms with Crippen LogP contribution in [-0.2, 0) is 0 Å². The molecule has 0 saturated heterocycles. The molecule has 130 valence electrons. The monoisotopic (exact) mass is 356 g/mol. The summed E-state index contributed by atoms with van der Waals surface area (Å²) in [5.41, 5.74) is 2.03. The van der Waals surface area contributed by atoms with Gasteiger partial charge in [0.05, 0.1) is 23.5 Å². The van der Waals surface area contributed by atoms with Crippen LogP contribution in [0.15, 0.2) is 29.9 Å². The molecule has 1 unspecified atom stereocenters. The highest BCUT2D eigenvalue weighted by atomic mass is 32.1. The van der Waals surface area contributed by atoms with E-state index in [9.17, 15) is 9.59 Å². The van der Waals surface area contributed by atoms with E-state index in [2.05, 4.69) is 29.2 Å². The number of thiophene rings is 1. The number of aromatic nitrogens is 3. The number of carbonyl (C=O) groups excluding carboxylic acids is 2. The first-order chi connectivity index (χ1) is 11.9. The maximum absolute atomic E-state index is 12.8. The number of Topliss-reactive ketones (excluding diaryl/α,β-unsaturated/α-hetero) is 1. The average molecular weight is 356 g/mol. The average Bonchev–Trinajstić information content (AvgIpc) is 3.21. The summed E-state index contributed by atoms with van der Waals surface area (Å²) in [6.45, 7) is 7.43. The number of ketones is 1. The van der Waals surface area contributed by atoms with Gasteiger partial charge in [-0.15, -0.1) is 11.3 Å². The maximum Gasteiger partial charge on any atom is 0.257 e. The summed E-state index contributed by atoms with van der Waals surface area (Å²) < 4.78 is 1.54. The molecule has 0 fully saturated rings. The molecule has 0 aliphatic carbocycles. The van der Waals surface area contributed by atoms with E-state index in [4.69, 9.17) is 0 Å². The van der Waals surface area contributed by atoms with Crippen molar-refractivity contribution in [3.05, 3.63) is 51.6 Å². The first kappa shape index (κ1) is 17.3. The topological polar surface area (TPSA) is 76.4 Å². The second-order valence-electron chi connectivity index (χ2n) is 6.32. The third-order valence-electron chi connectivity index (χ3n) is 4.19. The summed E-state index contributed by atoms with van der Waals surface area (Å²) in [5.74, 6) is -0.0426. The van der Waals surface area contributed by atoms with Crippen molar-refractivity contribution in [2.75, 3.05) is 0 Å². The van der Waals surface area contributed by atoms with Crippen molar-refractivity contribution in [1.29, 1.82) is 0 Å². The molecule has 3 heterocycles. The number of nitrogens with zero attached hydrogens (tertiary/aromatic N) is 3. The van der Waals surface area contributed by atoms with Crippen LogP contribution in [0.5, 0.6) is 0 Å². The zero-order valence-corrected chi connectivity index (χ0v) is 15.4. The van der Waals surface area contributed by atoms with E-state index in [0.29, 0.717) is 22.5 Å². The van der Waals surface area contributed by atoms with Gasteiger partial charge >= 0.3 is 0 Å². The fraction of sp³-hybridized carbons (Fsp3) is 0.333. The van der Waals surface area contributed by atoms with Crippen LogP contribution in [0.3, 0.4) is 0 Å². The van der Waals surface area contributed by atoms with Crippen LogP contribution in [0.25, 0.3) is 5.65 Å². The van der Waals surface area contributed by atoms with Gasteiger partial charge in [-0.25, -0.2) is 9.50 Å². The highest BCUT2D eigenvalue weighted by molar-refractivity contribution is 7.10. The van der Waals surface area contributed by atoms with Gasteiger partial charge in [-0.1, -0.05) is 19.9 Å². The van der Waals surface area contributed by atoms with Gasteiger partial charge in [0.25, 0.3) is 5.91 Å². The van der Waals surface area contributed by atoms with Gasteiger partial charge in [-0.2, -0.15) is 5.10 Å². The Hall–Kier alpha value is -2.54. The quantitative estimate of drug-likeness (QED) is 0.711. The summed E-state index contributed by atoms with van der Waals surface area (Å²) in [7, 11) is 0. The molecular weight excluding hydrogens is 336 g/mol. The summed E-state index contributed by atoms with van der Waals surface area (Å²) in [4.78, 5) is 29.8. The van der Waals surface area contributed by atoms with Gasteiger partial charge in [-0.05, 0) is 31.2 Å². The molecule has 3 aromatic heterocycles. The lowest BCUT2D eigenvalue weighted by atomic mass is 10.0. The van der Waals surface area contributed by atoms with Crippen molar-refractivity contribution < 1.29 is 9.59 Å². The SMILES string of the molecule is CC(=O)c1cnc2c(C(=O)NC(c3cccs3)C(C)C)cnn2c1C. The van der Waals surface area contributed by atoms with E-state index in [1.54, 1.807) is 22.8 Å². The molecule has 0 radical (unpaired) electrons. The predicted octanol–water partition coefficient (Wildman–Crippen LogP) is 3.43. The molecule has 0 aromatic carbocycles. The van der Waals surface area contributed by atoms with E-state index in [0.717, 1.165) is 4.88 Å². The second-order valence-corrected chi connectivity index (χ2v) is 7.30. The summed E-state index contributed by atoms with van der Waals surface area (Å²) >= 11 is 1.62. The summed E-state index contributed by atoms with van der Waals surface area (Å²) in [6.07, 6.45) is 3.01. The van der Waals surface area contributed by atoms with Crippen molar-refractivity contribution in [3.63, 3.8) is 0 Å². The molecular formula is C18H20N4O2S. The first-order valence-electron chi connectivity index (χ1n) is 8.08. The molecule has 0 aliphatic heterocycles. The van der Waals surface area contributed by atoms with Crippen molar-refractivity contribution in [3.8, 4) is 0 Å². The number of hydrogen-bond donors (Lipinski definition) is 1. The van der Waals surface area contributed by atoms with Crippen molar-refractivity contribution in [2.24, 2.45) is 5.92 Å². The van der Waals surface area contributed by atoms with Gasteiger partial charge in [0.2, 0.25) is 0 Å². The van der Waals surface area contributed by atoms with Crippen LogP contribution in [0.1, 0.15) is 58.1 Å².